The Labute approximate surface area is 136 Å². The average molecular weight is 359 g/mol. The molecular formula is C15H15BrN6. The summed E-state index contributed by atoms with van der Waals surface area (Å²) in [6, 6.07) is 4.05. The predicted molar refractivity (Wildman–Crippen MR) is 90.1 cm³/mol. The Bertz CT molecular complexity index is 830. The minimum atomic E-state index is 0.723. The van der Waals surface area contributed by atoms with Crippen molar-refractivity contribution in [3.8, 4) is 0 Å². The van der Waals surface area contributed by atoms with Crippen molar-refractivity contribution in [2.75, 3.05) is 29.9 Å². The molecule has 4 heterocycles. The molecule has 0 aliphatic carbocycles. The molecule has 7 heteroatoms. The van der Waals surface area contributed by atoms with Crippen molar-refractivity contribution in [1.29, 1.82) is 0 Å². The molecule has 1 N–H and O–H groups in total. The lowest BCUT2D eigenvalue weighted by Gasteiger charge is -2.36. The van der Waals surface area contributed by atoms with E-state index in [1.807, 2.05) is 18.5 Å². The number of H-pyrrole nitrogens is 1. The third-order valence-electron chi connectivity index (χ3n) is 3.93. The van der Waals surface area contributed by atoms with Gasteiger partial charge in [-0.1, -0.05) is 0 Å². The third kappa shape index (κ3) is 2.31. The topological polar surface area (TPSA) is 60.9 Å². The van der Waals surface area contributed by atoms with Crippen molar-refractivity contribution >= 4 is 38.5 Å². The molecule has 1 aliphatic heterocycles. The van der Waals surface area contributed by atoms with Crippen LogP contribution in [0.5, 0.6) is 0 Å². The van der Waals surface area contributed by atoms with E-state index in [-0.39, 0.29) is 0 Å². The van der Waals surface area contributed by atoms with Gasteiger partial charge in [0.05, 0.1) is 29.6 Å². The van der Waals surface area contributed by atoms with Gasteiger partial charge < -0.3 is 14.8 Å². The van der Waals surface area contributed by atoms with Crippen molar-refractivity contribution in [2.45, 2.75) is 6.54 Å². The van der Waals surface area contributed by atoms with Gasteiger partial charge in [-0.25, -0.2) is 9.97 Å². The number of fused-ring (bicyclic) bond motifs is 2. The average Bonchev–Trinajstić information content (AvgIpc) is 2.92. The van der Waals surface area contributed by atoms with E-state index < -0.39 is 0 Å². The van der Waals surface area contributed by atoms with Crippen LogP contribution in [0.25, 0.3) is 11.2 Å². The number of likely N-dealkylation sites (N-methyl/N-ethyl adjacent to an activating group) is 1. The monoisotopic (exact) mass is 358 g/mol. The molecule has 1 aliphatic rings. The van der Waals surface area contributed by atoms with Gasteiger partial charge in [0.2, 0.25) is 0 Å². The van der Waals surface area contributed by atoms with Gasteiger partial charge in [0, 0.05) is 37.0 Å². The summed E-state index contributed by atoms with van der Waals surface area (Å²) in [6.45, 7) is 2.66. The lowest BCUT2D eigenvalue weighted by atomic mass is 10.2. The van der Waals surface area contributed by atoms with Gasteiger partial charge in [-0.05, 0) is 28.1 Å². The van der Waals surface area contributed by atoms with Crippen LogP contribution in [0, 0.1) is 0 Å². The van der Waals surface area contributed by atoms with Gasteiger partial charge >= 0.3 is 0 Å². The Hall–Kier alpha value is -2.15. The normalized spacial score (nSPS) is 14.5. The first kappa shape index (κ1) is 13.5. The molecule has 0 saturated carbocycles. The Morgan fingerprint density at radius 2 is 2.18 bits per heavy atom. The summed E-state index contributed by atoms with van der Waals surface area (Å²) in [6.07, 6.45) is 5.52. The highest BCUT2D eigenvalue weighted by molar-refractivity contribution is 9.10. The maximum absolute atomic E-state index is 4.58. The van der Waals surface area contributed by atoms with Gasteiger partial charge in [-0.3, -0.25) is 4.98 Å². The molecule has 0 fully saturated rings. The van der Waals surface area contributed by atoms with Gasteiger partial charge in [0.15, 0.2) is 5.65 Å². The van der Waals surface area contributed by atoms with Crippen molar-refractivity contribution in [3.05, 3.63) is 41.0 Å². The summed E-state index contributed by atoms with van der Waals surface area (Å²) in [5.41, 5.74) is 4.05. The fraction of sp³-hybridized carbons (Fsp3) is 0.267. The molecule has 112 valence electrons. The SMILES string of the molecule is CN1CCN(Cc2nc3ncc(Br)cc3[nH]2)c2cnccc21. The largest absolute Gasteiger partial charge is 0.371 e. The highest BCUT2D eigenvalue weighted by Gasteiger charge is 2.21. The molecule has 3 aromatic heterocycles. The molecule has 4 rings (SSSR count). The van der Waals surface area contributed by atoms with Crippen LogP contribution in [0.2, 0.25) is 0 Å². The van der Waals surface area contributed by atoms with Crippen LogP contribution < -0.4 is 9.80 Å². The first-order chi connectivity index (χ1) is 10.7. The van der Waals surface area contributed by atoms with Gasteiger partial charge in [0.25, 0.3) is 0 Å². The zero-order valence-electron chi connectivity index (χ0n) is 12.1. The molecule has 22 heavy (non-hydrogen) atoms. The van der Waals surface area contributed by atoms with Crippen LogP contribution in [0.3, 0.4) is 0 Å². The van der Waals surface area contributed by atoms with Crippen LogP contribution in [0.15, 0.2) is 35.2 Å². The highest BCUT2D eigenvalue weighted by atomic mass is 79.9. The summed E-state index contributed by atoms with van der Waals surface area (Å²) in [7, 11) is 2.11. The second-order valence-electron chi connectivity index (χ2n) is 5.42. The molecule has 0 unspecified atom stereocenters. The predicted octanol–water partition coefficient (Wildman–Crippen LogP) is 2.57. The van der Waals surface area contributed by atoms with E-state index in [9.17, 15) is 0 Å². The molecule has 3 aromatic rings. The second-order valence-corrected chi connectivity index (χ2v) is 6.33. The van der Waals surface area contributed by atoms with Gasteiger partial charge in [-0.15, -0.1) is 0 Å². The molecule has 0 bridgehead atoms. The van der Waals surface area contributed by atoms with Crippen LogP contribution >= 0.6 is 15.9 Å². The molecule has 6 nitrogen and oxygen atoms in total. The van der Waals surface area contributed by atoms with Crippen LogP contribution in [0.1, 0.15) is 5.82 Å². The number of pyridine rings is 2. The lowest BCUT2D eigenvalue weighted by molar-refractivity contribution is 0.715. The minimum Gasteiger partial charge on any atom is -0.371 e. The number of imidazole rings is 1. The number of anilines is 2. The Kier molecular flexibility index (Phi) is 3.22. The first-order valence-corrected chi connectivity index (χ1v) is 7.90. The molecular weight excluding hydrogens is 344 g/mol. The molecule has 0 amide bonds. The summed E-state index contributed by atoms with van der Waals surface area (Å²) >= 11 is 3.43. The number of hydrogen-bond acceptors (Lipinski definition) is 5. The smallest absolute Gasteiger partial charge is 0.177 e. The second kappa shape index (κ2) is 5.24. The quantitative estimate of drug-likeness (QED) is 0.762. The number of aromatic nitrogens is 4. The standard InChI is InChI=1S/C15H15BrN6/c1-21-4-5-22(13-8-17-3-2-12(13)21)9-14-19-11-6-10(16)7-18-15(11)20-14/h2-3,6-8H,4-5,9H2,1H3,(H,18,19,20). The molecule has 0 spiro atoms. The molecule has 0 saturated heterocycles. The van der Waals surface area contributed by atoms with Crippen LogP contribution in [-0.4, -0.2) is 40.1 Å². The highest BCUT2D eigenvalue weighted by Crippen LogP contribution is 2.31. The third-order valence-corrected chi connectivity index (χ3v) is 4.36. The number of nitrogens with zero attached hydrogens (tertiary/aromatic N) is 5. The number of halogens is 1. The number of nitrogens with one attached hydrogen (secondary N) is 1. The van der Waals surface area contributed by atoms with E-state index in [0.717, 1.165) is 46.8 Å². The zero-order chi connectivity index (χ0) is 15.1. The summed E-state index contributed by atoms with van der Waals surface area (Å²) in [4.78, 5) is 21.1. The van der Waals surface area contributed by atoms with E-state index in [1.165, 1.54) is 5.69 Å². The number of hydrogen-bond donors (Lipinski definition) is 1. The first-order valence-electron chi connectivity index (χ1n) is 7.11. The van der Waals surface area contributed by atoms with Crippen molar-refractivity contribution in [3.63, 3.8) is 0 Å². The minimum absolute atomic E-state index is 0.723. The Balaban J connectivity index is 1.66. The Morgan fingerprint density at radius 3 is 3.09 bits per heavy atom. The van der Waals surface area contributed by atoms with E-state index in [0.29, 0.717) is 0 Å². The summed E-state index contributed by atoms with van der Waals surface area (Å²) < 4.78 is 0.948. The van der Waals surface area contributed by atoms with Crippen molar-refractivity contribution < 1.29 is 0 Å². The van der Waals surface area contributed by atoms with E-state index in [2.05, 4.69) is 58.8 Å². The van der Waals surface area contributed by atoms with Gasteiger partial charge in [0.1, 0.15) is 5.82 Å². The Morgan fingerprint density at radius 1 is 1.27 bits per heavy atom. The zero-order valence-corrected chi connectivity index (χ0v) is 13.7. The van der Waals surface area contributed by atoms with E-state index in [1.54, 1.807) is 6.20 Å². The summed E-state index contributed by atoms with van der Waals surface area (Å²) in [5.74, 6) is 0.917. The maximum atomic E-state index is 4.58. The van der Waals surface area contributed by atoms with E-state index >= 15 is 0 Å². The van der Waals surface area contributed by atoms with Crippen LogP contribution in [-0.2, 0) is 6.54 Å². The van der Waals surface area contributed by atoms with Crippen molar-refractivity contribution in [1.82, 2.24) is 19.9 Å². The number of rotatable bonds is 2. The van der Waals surface area contributed by atoms with Crippen LogP contribution in [0.4, 0.5) is 11.4 Å². The fourth-order valence-electron chi connectivity index (χ4n) is 2.80. The lowest BCUT2D eigenvalue weighted by Crippen LogP contribution is -2.39. The van der Waals surface area contributed by atoms with E-state index in [4.69, 9.17) is 0 Å². The molecule has 0 aromatic carbocycles. The van der Waals surface area contributed by atoms with Crippen molar-refractivity contribution in [2.24, 2.45) is 0 Å². The maximum Gasteiger partial charge on any atom is 0.177 e. The number of aromatic amines is 1. The van der Waals surface area contributed by atoms with Gasteiger partial charge in [-0.2, -0.15) is 0 Å². The summed E-state index contributed by atoms with van der Waals surface area (Å²) in [5, 5.41) is 0. The molecule has 0 atom stereocenters. The molecule has 0 radical (unpaired) electrons. The fourth-order valence-corrected chi connectivity index (χ4v) is 3.13.